The van der Waals surface area contributed by atoms with E-state index in [0.717, 1.165) is 22.8 Å². The van der Waals surface area contributed by atoms with Gasteiger partial charge in [0, 0.05) is 6.54 Å². The third-order valence-corrected chi connectivity index (χ3v) is 3.87. The molecule has 122 valence electrons. The van der Waals surface area contributed by atoms with E-state index in [1.54, 1.807) is 24.3 Å². The Morgan fingerprint density at radius 3 is 2.71 bits per heavy atom. The molecule has 0 spiro atoms. The highest BCUT2D eigenvalue weighted by Gasteiger charge is 2.13. The molecule has 0 radical (unpaired) electrons. The smallest absolute Gasteiger partial charge is 0.231 e. The Kier molecular flexibility index (Phi) is 3.92. The summed E-state index contributed by atoms with van der Waals surface area (Å²) >= 11 is 0. The molecule has 2 aromatic carbocycles. The topological polar surface area (TPSA) is 43.6 Å². The standard InChI is InChI=1S/C19H16FNO3/c20-16-4-2-1-3-15(16)17-8-6-14(24-17)11-21-10-13-5-7-18-19(9-13)23-12-22-18/h1-9,21H,10-12H2. The van der Waals surface area contributed by atoms with Gasteiger partial charge >= 0.3 is 0 Å². The highest BCUT2D eigenvalue weighted by atomic mass is 19.1. The Labute approximate surface area is 138 Å². The molecule has 3 aromatic rings. The van der Waals surface area contributed by atoms with Gasteiger partial charge in [0.2, 0.25) is 6.79 Å². The van der Waals surface area contributed by atoms with E-state index in [1.165, 1.54) is 6.07 Å². The van der Waals surface area contributed by atoms with Crippen LogP contribution in [0.1, 0.15) is 11.3 Å². The molecule has 2 heterocycles. The van der Waals surface area contributed by atoms with E-state index in [0.29, 0.717) is 24.4 Å². The summed E-state index contributed by atoms with van der Waals surface area (Å²) in [6.07, 6.45) is 0. The van der Waals surface area contributed by atoms with Crippen molar-refractivity contribution in [3.05, 3.63) is 71.7 Å². The first-order chi connectivity index (χ1) is 11.8. The van der Waals surface area contributed by atoms with Crippen LogP contribution in [0.15, 0.2) is 59.0 Å². The van der Waals surface area contributed by atoms with Crippen molar-refractivity contribution in [3.8, 4) is 22.8 Å². The van der Waals surface area contributed by atoms with Crippen LogP contribution in [0.4, 0.5) is 4.39 Å². The van der Waals surface area contributed by atoms with Crippen LogP contribution in [0, 0.1) is 5.82 Å². The summed E-state index contributed by atoms with van der Waals surface area (Å²) in [6, 6.07) is 16.1. The fourth-order valence-electron chi connectivity index (χ4n) is 2.66. The summed E-state index contributed by atoms with van der Waals surface area (Å²) in [5.41, 5.74) is 1.57. The van der Waals surface area contributed by atoms with Crippen molar-refractivity contribution in [2.45, 2.75) is 13.1 Å². The molecule has 5 heteroatoms. The number of fused-ring (bicyclic) bond motifs is 1. The molecule has 4 rings (SSSR count). The fraction of sp³-hybridized carbons (Fsp3) is 0.158. The van der Waals surface area contributed by atoms with Gasteiger partial charge in [-0.2, -0.15) is 0 Å². The van der Waals surface area contributed by atoms with E-state index in [9.17, 15) is 4.39 Å². The molecule has 0 saturated heterocycles. The number of furan rings is 1. The zero-order valence-electron chi connectivity index (χ0n) is 12.9. The van der Waals surface area contributed by atoms with Crippen LogP contribution in [-0.2, 0) is 13.1 Å². The Hall–Kier alpha value is -2.79. The van der Waals surface area contributed by atoms with Crippen LogP contribution in [-0.4, -0.2) is 6.79 Å². The minimum Gasteiger partial charge on any atom is -0.460 e. The number of nitrogens with one attached hydrogen (secondary N) is 1. The van der Waals surface area contributed by atoms with Gasteiger partial charge in [0.1, 0.15) is 17.3 Å². The second kappa shape index (κ2) is 6.37. The minimum atomic E-state index is -0.285. The Balaban J connectivity index is 1.38. The lowest BCUT2D eigenvalue weighted by atomic mass is 10.1. The van der Waals surface area contributed by atoms with Crippen LogP contribution in [0.3, 0.4) is 0 Å². The largest absolute Gasteiger partial charge is 0.460 e. The van der Waals surface area contributed by atoms with E-state index in [1.807, 2.05) is 24.3 Å². The second-order valence-corrected chi connectivity index (χ2v) is 5.54. The molecule has 0 saturated carbocycles. The predicted octanol–water partition coefficient (Wildman–Crippen LogP) is 4.10. The lowest BCUT2D eigenvalue weighted by Crippen LogP contribution is -2.11. The highest BCUT2D eigenvalue weighted by molar-refractivity contribution is 5.58. The summed E-state index contributed by atoms with van der Waals surface area (Å²) in [5.74, 6) is 2.56. The monoisotopic (exact) mass is 325 g/mol. The molecule has 24 heavy (non-hydrogen) atoms. The van der Waals surface area contributed by atoms with Crippen molar-refractivity contribution in [2.24, 2.45) is 0 Å². The first kappa shape index (κ1) is 14.8. The summed E-state index contributed by atoms with van der Waals surface area (Å²) < 4.78 is 30.1. The number of ether oxygens (including phenoxy) is 2. The van der Waals surface area contributed by atoms with Gasteiger partial charge in [0.15, 0.2) is 11.5 Å². The van der Waals surface area contributed by atoms with Crippen molar-refractivity contribution >= 4 is 0 Å². The zero-order chi connectivity index (χ0) is 16.4. The number of benzene rings is 2. The van der Waals surface area contributed by atoms with Gasteiger partial charge in [0.05, 0.1) is 12.1 Å². The average Bonchev–Trinajstić information content (AvgIpc) is 3.24. The Morgan fingerprint density at radius 2 is 1.79 bits per heavy atom. The molecule has 0 unspecified atom stereocenters. The van der Waals surface area contributed by atoms with Crippen LogP contribution in [0.2, 0.25) is 0 Å². The average molecular weight is 325 g/mol. The van der Waals surface area contributed by atoms with Crippen molar-refractivity contribution in [2.75, 3.05) is 6.79 Å². The van der Waals surface area contributed by atoms with E-state index >= 15 is 0 Å². The number of hydrogen-bond acceptors (Lipinski definition) is 4. The molecule has 1 aliphatic heterocycles. The minimum absolute atomic E-state index is 0.275. The number of hydrogen-bond donors (Lipinski definition) is 1. The lowest BCUT2D eigenvalue weighted by molar-refractivity contribution is 0.174. The third kappa shape index (κ3) is 2.98. The third-order valence-electron chi connectivity index (χ3n) is 3.87. The molecule has 0 atom stereocenters. The van der Waals surface area contributed by atoms with Gasteiger partial charge in [-0.1, -0.05) is 18.2 Å². The Bertz CT molecular complexity index is 859. The van der Waals surface area contributed by atoms with Crippen LogP contribution in [0.5, 0.6) is 11.5 Å². The molecule has 0 amide bonds. The second-order valence-electron chi connectivity index (χ2n) is 5.54. The van der Waals surface area contributed by atoms with Crippen molar-refractivity contribution in [1.82, 2.24) is 5.32 Å². The molecule has 0 bridgehead atoms. The quantitative estimate of drug-likeness (QED) is 0.767. The molecule has 1 aromatic heterocycles. The summed E-state index contributed by atoms with van der Waals surface area (Å²) in [6.45, 7) is 1.51. The van der Waals surface area contributed by atoms with Crippen molar-refractivity contribution in [1.29, 1.82) is 0 Å². The van der Waals surface area contributed by atoms with E-state index in [2.05, 4.69) is 5.32 Å². The lowest BCUT2D eigenvalue weighted by Gasteiger charge is -2.04. The number of rotatable bonds is 5. The molecular weight excluding hydrogens is 309 g/mol. The van der Waals surface area contributed by atoms with Gasteiger partial charge in [-0.25, -0.2) is 4.39 Å². The predicted molar refractivity (Wildman–Crippen MR) is 87.2 cm³/mol. The molecule has 0 fully saturated rings. The molecule has 1 aliphatic rings. The zero-order valence-corrected chi connectivity index (χ0v) is 12.9. The normalized spacial score (nSPS) is 12.5. The summed E-state index contributed by atoms with van der Waals surface area (Å²) in [4.78, 5) is 0. The van der Waals surface area contributed by atoms with Crippen LogP contribution >= 0.6 is 0 Å². The van der Waals surface area contributed by atoms with Crippen molar-refractivity contribution in [3.63, 3.8) is 0 Å². The SMILES string of the molecule is Fc1ccccc1-c1ccc(CNCc2ccc3c(c2)OCO3)o1. The van der Waals surface area contributed by atoms with Crippen molar-refractivity contribution < 1.29 is 18.3 Å². The van der Waals surface area contributed by atoms with Gasteiger partial charge in [-0.15, -0.1) is 0 Å². The van der Waals surface area contributed by atoms with E-state index in [-0.39, 0.29) is 12.6 Å². The van der Waals surface area contributed by atoms with Gasteiger partial charge in [-0.3, -0.25) is 0 Å². The maximum Gasteiger partial charge on any atom is 0.231 e. The van der Waals surface area contributed by atoms with Gasteiger partial charge in [0.25, 0.3) is 0 Å². The van der Waals surface area contributed by atoms with Crippen LogP contribution in [0.25, 0.3) is 11.3 Å². The first-order valence-electron chi connectivity index (χ1n) is 7.72. The van der Waals surface area contributed by atoms with Crippen LogP contribution < -0.4 is 14.8 Å². The summed E-state index contributed by atoms with van der Waals surface area (Å²) in [5, 5.41) is 3.30. The van der Waals surface area contributed by atoms with Gasteiger partial charge in [-0.05, 0) is 42.0 Å². The fourth-order valence-corrected chi connectivity index (χ4v) is 2.66. The molecule has 0 aliphatic carbocycles. The molecule has 1 N–H and O–H groups in total. The summed E-state index contributed by atoms with van der Waals surface area (Å²) in [7, 11) is 0. The highest BCUT2D eigenvalue weighted by Crippen LogP contribution is 2.32. The maximum atomic E-state index is 13.8. The van der Waals surface area contributed by atoms with E-state index < -0.39 is 0 Å². The molecular formula is C19H16FNO3. The first-order valence-corrected chi connectivity index (χ1v) is 7.72. The van der Waals surface area contributed by atoms with E-state index in [4.69, 9.17) is 13.9 Å². The maximum absolute atomic E-state index is 13.8. The molecule has 4 nitrogen and oxygen atoms in total. The van der Waals surface area contributed by atoms with Gasteiger partial charge < -0.3 is 19.2 Å². The number of halogens is 1. The Morgan fingerprint density at radius 1 is 0.917 bits per heavy atom.